The summed E-state index contributed by atoms with van der Waals surface area (Å²) < 4.78 is 1.78. The second kappa shape index (κ2) is 8.33. The van der Waals surface area contributed by atoms with Crippen molar-refractivity contribution >= 4 is 6.03 Å². The van der Waals surface area contributed by atoms with Gasteiger partial charge in [0.1, 0.15) is 0 Å². The highest BCUT2D eigenvalue weighted by Crippen LogP contribution is 2.18. The third-order valence-corrected chi connectivity index (χ3v) is 3.93. The third kappa shape index (κ3) is 4.82. The van der Waals surface area contributed by atoms with Gasteiger partial charge in [0, 0.05) is 31.5 Å². The van der Waals surface area contributed by atoms with Crippen LogP contribution in [0.4, 0.5) is 4.79 Å². The van der Waals surface area contributed by atoms with Gasteiger partial charge in [-0.05, 0) is 25.3 Å². The molecule has 0 saturated heterocycles. The minimum Gasteiger partial charge on any atom is -0.396 e. The van der Waals surface area contributed by atoms with Crippen LogP contribution in [0.5, 0.6) is 0 Å². The zero-order chi connectivity index (χ0) is 16.7. The number of nitrogens with one attached hydrogen (secondary N) is 2. The first-order valence-electron chi connectivity index (χ1n) is 7.79. The predicted octanol–water partition coefficient (Wildman–Crippen LogP) is 2.04. The minimum absolute atomic E-state index is 0.113. The van der Waals surface area contributed by atoms with E-state index in [2.05, 4.69) is 15.7 Å². The maximum absolute atomic E-state index is 12.2. The van der Waals surface area contributed by atoms with Crippen molar-refractivity contribution < 1.29 is 9.90 Å². The molecule has 0 fully saturated rings. The highest BCUT2D eigenvalue weighted by Gasteiger charge is 2.14. The Labute approximate surface area is 136 Å². The Morgan fingerprint density at radius 3 is 2.70 bits per heavy atom. The van der Waals surface area contributed by atoms with Gasteiger partial charge >= 0.3 is 6.03 Å². The Kier molecular flexibility index (Phi) is 6.17. The molecule has 23 heavy (non-hydrogen) atoms. The highest BCUT2D eigenvalue weighted by molar-refractivity contribution is 5.74. The largest absolute Gasteiger partial charge is 0.396 e. The Hall–Kier alpha value is -2.34. The van der Waals surface area contributed by atoms with E-state index < -0.39 is 0 Å². The summed E-state index contributed by atoms with van der Waals surface area (Å²) in [6, 6.07) is 9.46. The van der Waals surface area contributed by atoms with E-state index in [1.165, 1.54) is 0 Å². The average Bonchev–Trinajstić information content (AvgIpc) is 2.89. The molecule has 0 radical (unpaired) electrons. The molecular weight excluding hydrogens is 292 g/mol. The van der Waals surface area contributed by atoms with Crippen LogP contribution in [0.15, 0.2) is 36.5 Å². The smallest absolute Gasteiger partial charge is 0.315 e. The second-order valence-corrected chi connectivity index (χ2v) is 5.53. The summed E-state index contributed by atoms with van der Waals surface area (Å²) in [5, 5.41) is 19.0. The molecule has 1 heterocycles. The van der Waals surface area contributed by atoms with E-state index >= 15 is 0 Å². The summed E-state index contributed by atoms with van der Waals surface area (Å²) >= 11 is 0. The number of aliphatic hydroxyl groups excluding tert-OH is 1. The first-order chi connectivity index (χ1) is 11.1. The Balaban J connectivity index is 1.93. The fraction of sp³-hybridized carbons (Fsp3) is 0.412. The van der Waals surface area contributed by atoms with Gasteiger partial charge in [0.05, 0.1) is 12.2 Å². The number of hydrogen-bond acceptors (Lipinski definition) is 3. The molecule has 2 aromatic rings. The number of carbonyl (C=O) groups is 1. The van der Waals surface area contributed by atoms with Gasteiger partial charge in [0.25, 0.3) is 0 Å². The van der Waals surface area contributed by atoms with Crippen LogP contribution >= 0.6 is 0 Å². The van der Waals surface area contributed by atoms with Crippen molar-refractivity contribution in [3.05, 3.63) is 53.3 Å². The monoisotopic (exact) mass is 316 g/mol. The fourth-order valence-corrected chi connectivity index (χ4v) is 2.41. The molecule has 6 heteroatoms. The van der Waals surface area contributed by atoms with Crippen molar-refractivity contribution in [2.75, 3.05) is 6.61 Å². The van der Waals surface area contributed by atoms with E-state index in [0.717, 1.165) is 16.8 Å². The van der Waals surface area contributed by atoms with Crippen LogP contribution in [0, 0.1) is 6.92 Å². The van der Waals surface area contributed by atoms with Crippen LogP contribution in [0.2, 0.25) is 0 Å². The van der Waals surface area contributed by atoms with Crippen LogP contribution in [0.1, 0.15) is 35.7 Å². The van der Waals surface area contributed by atoms with Crippen molar-refractivity contribution in [1.29, 1.82) is 0 Å². The molecule has 0 aliphatic rings. The number of urea groups is 1. The van der Waals surface area contributed by atoms with E-state index in [-0.39, 0.29) is 18.7 Å². The number of amides is 2. The molecule has 0 aliphatic heterocycles. The lowest BCUT2D eigenvalue weighted by atomic mass is 10.0. The number of carbonyl (C=O) groups excluding carboxylic acids is 1. The SMILES string of the molecule is Cc1c(CNC(=O)NC(CCCO)c2ccccc2)cnn1C. The van der Waals surface area contributed by atoms with E-state index in [4.69, 9.17) is 5.11 Å². The molecular formula is C17H24N4O2. The molecule has 0 aliphatic carbocycles. The molecule has 1 aromatic carbocycles. The number of hydrogen-bond donors (Lipinski definition) is 3. The van der Waals surface area contributed by atoms with Gasteiger partial charge in [-0.2, -0.15) is 5.10 Å². The van der Waals surface area contributed by atoms with Gasteiger partial charge < -0.3 is 15.7 Å². The topological polar surface area (TPSA) is 79.2 Å². The maximum atomic E-state index is 12.2. The van der Waals surface area contributed by atoms with Crippen molar-refractivity contribution in [1.82, 2.24) is 20.4 Å². The van der Waals surface area contributed by atoms with Crippen LogP contribution in [0.3, 0.4) is 0 Å². The molecule has 3 N–H and O–H groups in total. The first kappa shape index (κ1) is 17.0. The lowest BCUT2D eigenvalue weighted by Crippen LogP contribution is -2.37. The molecule has 0 spiro atoms. The van der Waals surface area contributed by atoms with Crippen LogP contribution < -0.4 is 10.6 Å². The summed E-state index contributed by atoms with van der Waals surface area (Å²) in [7, 11) is 1.87. The first-order valence-corrected chi connectivity index (χ1v) is 7.79. The van der Waals surface area contributed by atoms with Crippen molar-refractivity contribution in [3.63, 3.8) is 0 Å². The lowest BCUT2D eigenvalue weighted by molar-refractivity contribution is 0.232. The van der Waals surface area contributed by atoms with Gasteiger partial charge in [-0.3, -0.25) is 4.68 Å². The van der Waals surface area contributed by atoms with E-state index in [0.29, 0.717) is 19.4 Å². The number of aromatic nitrogens is 2. The highest BCUT2D eigenvalue weighted by atomic mass is 16.3. The zero-order valence-electron chi connectivity index (χ0n) is 13.6. The molecule has 1 unspecified atom stereocenters. The predicted molar refractivity (Wildman–Crippen MR) is 88.8 cm³/mol. The molecule has 1 aromatic heterocycles. The van der Waals surface area contributed by atoms with Crippen LogP contribution in [-0.2, 0) is 13.6 Å². The Morgan fingerprint density at radius 2 is 2.09 bits per heavy atom. The van der Waals surface area contributed by atoms with Crippen LogP contribution in [0.25, 0.3) is 0 Å². The number of nitrogens with zero attached hydrogens (tertiary/aromatic N) is 2. The molecule has 6 nitrogen and oxygen atoms in total. The molecule has 2 amide bonds. The minimum atomic E-state index is -0.222. The van der Waals surface area contributed by atoms with Gasteiger partial charge in [-0.1, -0.05) is 30.3 Å². The number of benzene rings is 1. The summed E-state index contributed by atoms with van der Waals surface area (Å²) in [6.07, 6.45) is 3.09. The van der Waals surface area contributed by atoms with Crippen molar-refractivity contribution in [2.45, 2.75) is 32.4 Å². The van der Waals surface area contributed by atoms with Crippen molar-refractivity contribution in [3.8, 4) is 0 Å². The average molecular weight is 316 g/mol. The maximum Gasteiger partial charge on any atom is 0.315 e. The molecule has 0 bridgehead atoms. The number of rotatable bonds is 7. The van der Waals surface area contributed by atoms with Crippen LogP contribution in [-0.4, -0.2) is 27.5 Å². The fourth-order valence-electron chi connectivity index (χ4n) is 2.41. The normalized spacial score (nSPS) is 12.0. The summed E-state index contributed by atoms with van der Waals surface area (Å²) in [5.74, 6) is 0. The third-order valence-electron chi connectivity index (χ3n) is 3.93. The van der Waals surface area contributed by atoms with E-state index in [1.54, 1.807) is 10.9 Å². The van der Waals surface area contributed by atoms with E-state index in [1.807, 2.05) is 44.3 Å². The van der Waals surface area contributed by atoms with Gasteiger partial charge in [0.15, 0.2) is 0 Å². The van der Waals surface area contributed by atoms with E-state index in [9.17, 15) is 4.79 Å². The number of aryl methyl sites for hydroxylation is 1. The summed E-state index contributed by atoms with van der Waals surface area (Å²) in [5.41, 5.74) is 3.06. The Bertz CT molecular complexity index is 625. The standard InChI is InChI=1S/C17H24N4O2/c1-13-15(12-19-21(13)2)11-18-17(23)20-16(9-6-10-22)14-7-4-3-5-8-14/h3-5,7-8,12,16,22H,6,9-11H2,1-2H3,(H2,18,20,23). The van der Waals surface area contributed by atoms with Gasteiger partial charge in [-0.15, -0.1) is 0 Å². The Morgan fingerprint density at radius 1 is 1.35 bits per heavy atom. The molecule has 2 rings (SSSR count). The number of aliphatic hydroxyl groups is 1. The zero-order valence-corrected chi connectivity index (χ0v) is 13.6. The molecule has 0 saturated carbocycles. The van der Waals surface area contributed by atoms with Crippen molar-refractivity contribution in [2.24, 2.45) is 7.05 Å². The lowest BCUT2D eigenvalue weighted by Gasteiger charge is -2.19. The van der Waals surface area contributed by atoms with Gasteiger partial charge in [0.2, 0.25) is 0 Å². The summed E-state index contributed by atoms with van der Waals surface area (Å²) in [4.78, 5) is 12.2. The quantitative estimate of drug-likeness (QED) is 0.731. The molecule has 1 atom stereocenters. The van der Waals surface area contributed by atoms with Gasteiger partial charge in [-0.25, -0.2) is 4.79 Å². The molecule has 124 valence electrons. The summed E-state index contributed by atoms with van der Waals surface area (Å²) in [6.45, 7) is 2.52. The second-order valence-electron chi connectivity index (χ2n) is 5.53.